The first-order valence-corrected chi connectivity index (χ1v) is 9.53. The van der Waals surface area contributed by atoms with E-state index in [2.05, 4.69) is 59.0 Å². The van der Waals surface area contributed by atoms with Gasteiger partial charge in [-0.05, 0) is 65.3 Å². The summed E-state index contributed by atoms with van der Waals surface area (Å²) in [7, 11) is 0. The summed E-state index contributed by atoms with van der Waals surface area (Å²) in [6.45, 7) is 10.6. The highest BCUT2D eigenvalue weighted by molar-refractivity contribution is 5.16. The molecule has 5 nitrogen and oxygen atoms in total. The van der Waals surface area contributed by atoms with Gasteiger partial charge < -0.3 is 5.32 Å². The van der Waals surface area contributed by atoms with Gasteiger partial charge in [0.25, 0.3) is 0 Å². The summed E-state index contributed by atoms with van der Waals surface area (Å²) in [6, 6.07) is 7.20. The van der Waals surface area contributed by atoms with Crippen LogP contribution in [0.2, 0.25) is 0 Å². The van der Waals surface area contributed by atoms with Gasteiger partial charge in [0, 0.05) is 43.1 Å². The highest BCUT2D eigenvalue weighted by Crippen LogP contribution is 2.21. The van der Waals surface area contributed by atoms with Gasteiger partial charge in [-0.1, -0.05) is 6.07 Å². The normalized spacial score (nSPS) is 18.7. The molecule has 0 spiro atoms. The van der Waals surface area contributed by atoms with Crippen molar-refractivity contribution in [3.05, 3.63) is 47.5 Å². The Balaban J connectivity index is 1.80. The minimum absolute atomic E-state index is 0.402. The van der Waals surface area contributed by atoms with E-state index < -0.39 is 0 Å². The van der Waals surface area contributed by atoms with Gasteiger partial charge in [-0.3, -0.25) is 14.6 Å². The number of nitrogens with zero attached hydrogens (tertiary/aromatic N) is 4. The quantitative estimate of drug-likeness (QED) is 0.875. The minimum atomic E-state index is 0.402. The number of aryl methyl sites for hydroxylation is 1. The average Bonchev–Trinajstić information content (AvgIpc) is 2.82. The van der Waals surface area contributed by atoms with Crippen molar-refractivity contribution < 1.29 is 0 Å². The third kappa shape index (κ3) is 4.89. The molecule has 3 heterocycles. The van der Waals surface area contributed by atoms with Crippen molar-refractivity contribution in [1.29, 1.82) is 0 Å². The van der Waals surface area contributed by atoms with Gasteiger partial charge in [0.2, 0.25) is 0 Å². The van der Waals surface area contributed by atoms with E-state index in [1.807, 2.05) is 12.3 Å². The van der Waals surface area contributed by atoms with Crippen molar-refractivity contribution in [3.8, 4) is 0 Å². The van der Waals surface area contributed by atoms with Crippen LogP contribution in [0.3, 0.4) is 0 Å². The second-order valence-electron chi connectivity index (χ2n) is 7.37. The maximum absolute atomic E-state index is 4.70. The molecule has 0 aromatic carbocycles. The third-order valence-corrected chi connectivity index (χ3v) is 5.07. The molecule has 0 aliphatic carbocycles. The fourth-order valence-corrected chi connectivity index (χ4v) is 3.54. The number of aromatic nitrogens is 3. The lowest BCUT2D eigenvalue weighted by atomic mass is 10.1. The van der Waals surface area contributed by atoms with Gasteiger partial charge in [-0.15, -0.1) is 0 Å². The first-order valence-electron chi connectivity index (χ1n) is 9.53. The number of pyridine rings is 1. The van der Waals surface area contributed by atoms with Gasteiger partial charge in [-0.2, -0.15) is 5.10 Å². The Labute approximate surface area is 151 Å². The molecule has 25 heavy (non-hydrogen) atoms. The summed E-state index contributed by atoms with van der Waals surface area (Å²) >= 11 is 0. The van der Waals surface area contributed by atoms with Crippen LogP contribution in [-0.4, -0.2) is 38.8 Å². The van der Waals surface area contributed by atoms with E-state index in [-0.39, 0.29) is 0 Å². The molecule has 136 valence electrons. The molecule has 0 radical (unpaired) electrons. The van der Waals surface area contributed by atoms with Crippen LogP contribution < -0.4 is 5.32 Å². The molecule has 0 saturated carbocycles. The Morgan fingerprint density at radius 3 is 2.84 bits per heavy atom. The zero-order chi connectivity index (χ0) is 17.6. The topological polar surface area (TPSA) is 46.0 Å². The molecule has 1 aliphatic heterocycles. The summed E-state index contributed by atoms with van der Waals surface area (Å²) in [5.74, 6) is 0. The van der Waals surface area contributed by atoms with Crippen molar-refractivity contribution >= 4 is 0 Å². The molecule has 2 aromatic heterocycles. The summed E-state index contributed by atoms with van der Waals surface area (Å²) in [6.07, 6.45) is 7.81. The monoisotopic (exact) mass is 341 g/mol. The summed E-state index contributed by atoms with van der Waals surface area (Å²) in [5.41, 5.74) is 3.63. The van der Waals surface area contributed by atoms with Crippen LogP contribution in [0.1, 0.15) is 56.1 Å². The lowest BCUT2D eigenvalue weighted by Crippen LogP contribution is -2.35. The minimum Gasteiger partial charge on any atom is -0.317 e. The predicted octanol–water partition coefficient (Wildman–Crippen LogP) is 3.31. The zero-order valence-electron chi connectivity index (χ0n) is 15.8. The molecule has 2 aromatic rings. The second kappa shape index (κ2) is 8.59. The molecule has 1 aliphatic rings. The van der Waals surface area contributed by atoms with Crippen molar-refractivity contribution in [2.45, 2.75) is 65.2 Å². The van der Waals surface area contributed by atoms with E-state index in [4.69, 9.17) is 5.10 Å². The van der Waals surface area contributed by atoms with Crippen molar-refractivity contribution in [2.75, 3.05) is 13.1 Å². The van der Waals surface area contributed by atoms with E-state index >= 15 is 0 Å². The van der Waals surface area contributed by atoms with Crippen molar-refractivity contribution in [2.24, 2.45) is 0 Å². The molecule has 1 atom stereocenters. The first kappa shape index (κ1) is 18.1. The fraction of sp³-hybridized carbons (Fsp3) is 0.600. The summed E-state index contributed by atoms with van der Waals surface area (Å²) < 4.78 is 2.08. The smallest absolute Gasteiger partial charge is 0.0638 e. The van der Waals surface area contributed by atoms with Gasteiger partial charge in [0.15, 0.2) is 0 Å². The van der Waals surface area contributed by atoms with Gasteiger partial charge in [-0.25, -0.2) is 0 Å². The Kier molecular flexibility index (Phi) is 6.21. The molecule has 1 N–H and O–H groups in total. The Bertz CT molecular complexity index is 641. The molecular weight excluding hydrogens is 310 g/mol. The van der Waals surface area contributed by atoms with E-state index in [0.717, 1.165) is 37.6 Å². The van der Waals surface area contributed by atoms with Gasteiger partial charge in [0.1, 0.15) is 0 Å². The number of hydrogen-bond acceptors (Lipinski definition) is 4. The number of nitrogens with one attached hydrogen (secondary N) is 1. The Morgan fingerprint density at radius 1 is 1.24 bits per heavy atom. The maximum atomic E-state index is 4.70. The standard InChI is InChI=1S/C20H31N5/c1-16(2)25-14-18(17(3)23-25)13-24(15-19-7-4-5-11-22-19)20-8-6-10-21-12-9-20/h4-5,7,11,14,16,20-21H,6,8-10,12-13,15H2,1-3H3. The average molecular weight is 342 g/mol. The zero-order valence-corrected chi connectivity index (χ0v) is 15.8. The molecule has 0 bridgehead atoms. The lowest BCUT2D eigenvalue weighted by molar-refractivity contribution is 0.162. The van der Waals surface area contributed by atoms with Crippen LogP contribution in [0.25, 0.3) is 0 Å². The highest BCUT2D eigenvalue weighted by atomic mass is 15.3. The molecular formula is C20H31N5. The first-order chi connectivity index (χ1) is 12.1. The van der Waals surface area contributed by atoms with Crippen LogP contribution in [0.5, 0.6) is 0 Å². The molecule has 0 amide bonds. The third-order valence-electron chi connectivity index (χ3n) is 5.07. The molecule has 3 rings (SSSR count). The SMILES string of the molecule is Cc1nn(C(C)C)cc1CN(Cc1ccccn1)C1CCCNCC1. The van der Waals surface area contributed by atoms with Crippen LogP contribution >= 0.6 is 0 Å². The van der Waals surface area contributed by atoms with Crippen LogP contribution in [0, 0.1) is 6.92 Å². The lowest BCUT2D eigenvalue weighted by Gasteiger charge is -2.30. The van der Waals surface area contributed by atoms with Gasteiger partial charge in [0.05, 0.1) is 11.4 Å². The predicted molar refractivity (Wildman–Crippen MR) is 101 cm³/mol. The van der Waals surface area contributed by atoms with Crippen molar-refractivity contribution in [1.82, 2.24) is 25.0 Å². The maximum Gasteiger partial charge on any atom is 0.0638 e. The largest absolute Gasteiger partial charge is 0.317 e. The summed E-state index contributed by atoms with van der Waals surface area (Å²) in [5, 5.41) is 8.23. The van der Waals surface area contributed by atoms with Crippen molar-refractivity contribution in [3.63, 3.8) is 0 Å². The molecule has 1 saturated heterocycles. The molecule has 5 heteroatoms. The van der Waals surface area contributed by atoms with Gasteiger partial charge >= 0.3 is 0 Å². The highest BCUT2D eigenvalue weighted by Gasteiger charge is 2.22. The fourth-order valence-electron chi connectivity index (χ4n) is 3.54. The Morgan fingerprint density at radius 2 is 2.12 bits per heavy atom. The molecule has 1 fully saturated rings. The number of rotatable bonds is 6. The Hall–Kier alpha value is -1.72. The molecule has 1 unspecified atom stereocenters. The number of hydrogen-bond donors (Lipinski definition) is 1. The summed E-state index contributed by atoms with van der Waals surface area (Å²) in [4.78, 5) is 7.16. The van der Waals surface area contributed by atoms with E-state index in [0.29, 0.717) is 12.1 Å². The second-order valence-corrected chi connectivity index (χ2v) is 7.37. The van der Waals surface area contributed by atoms with E-state index in [1.54, 1.807) is 0 Å². The van der Waals surface area contributed by atoms with Crippen LogP contribution in [-0.2, 0) is 13.1 Å². The van der Waals surface area contributed by atoms with Crippen LogP contribution in [0.4, 0.5) is 0 Å². The van der Waals surface area contributed by atoms with Crippen LogP contribution in [0.15, 0.2) is 30.6 Å². The van der Waals surface area contributed by atoms with E-state index in [9.17, 15) is 0 Å². The van der Waals surface area contributed by atoms with E-state index in [1.165, 1.54) is 24.8 Å².